The fraction of sp³-hybridized carbons (Fsp3) is 0.346. The molecule has 1 heterocycles. The van der Waals surface area contributed by atoms with E-state index in [2.05, 4.69) is 39.0 Å². The number of aliphatic hydroxyl groups excluding tert-OH is 1. The van der Waals surface area contributed by atoms with Crippen LogP contribution in [0.4, 0.5) is 0 Å². The lowest BCUT2D eigenvalue weighted by molar-refractivity contribution is -0.134. The molecular weight excluding hydrogens is 404 g/mol. The van der Waals surface area contributed by atoms with E-state index in [0.717, 1.165) is 42.6 Å². The first kappa shape index (κ1) is 22.1. The number of ether oxygens (including phenoxy) is 2. The molecule has 3 aromatic rings. The molecule has 2 N–H and O–H groups in total. The van der Waals surface area contributed by atoms with Crippen LogP contribution in [0.3, 0.4) is 0 Å². The number of benzene rings is 2. The van der Waals surface area contributed by atoms with Gasteiger partial charge in [-0.2, -0.15) is 0 Å². The zero-order valence-corrected chi connectivity index (χ0v) is 18.6. The third-order valence-corrected chi connectivity index (χ3v) is 6.30. The summed E-state index contributed by atoms with van der Waals surface area (Å²) < 4.78 is 9.99. The fourth-order valence-electron chi connectivity index (χ4n) is 4.65. The van der Waals surface area contributed by atoms with E-state index in [0.29, 0.717) is 12.6 Å². The molecule has 0 spiro atoms. The molecule has 1 aromatic heterocycles. The van der Waals surface area contributed by atoms with Crippen molar-refractivity contribution in [1.29, 1.82) is 0 Å². The highest BCUT2D eigenvalue weighted by Gasteiger charge is 2.27. The summed E-state index contributed by atoms with van der Waals surface area (Å²) in [7, 11) is 3.05. The smallest absolute Gasteiger partial charge is 0.330 e. The van der Waals surface area contributed by atoms with Crippen molar-refractivity contribution in [3.05, 3.63) is 70.9 Å². The molecule has 0 fully saturated rings. The number of fused-ring (bicyclic) bond motifs is 2. The predicted octanol–water partition coefficient (Wildman–Crippen LogP) is 3.89. The Labute approximate surface area is 188 Å². The van der Waals surface area contributed by atoms with Gasteiger partial charge in [0.05, 0.1) is 20.8 Å². The van der Waals surface area contributed by atoms with E-state index in [9.17, 15) is 9.90 Å². The van der Waals surface area contributed by atoms with Crippen LogP contribution in [0.1, 0.15) is 34.7 Å². The van der Waals surface area contributed by atoms with Crippen molar-refractivity contribution in [2.24, 2.45) is 0 Å². The van der Waals surface area contributed by atoms with Gasteiger partial charge in [-0.25, -0.2) is 4.79 Å². The molecule has 0 radical (unpaired) electrons. The molecule has 6 heteroatoms. The van der Waals surface area contributed by atoms with Crippen LogP contribution in [0.25, 0.3) is 17.0 Å². The Morgan fingerprint density at radius 2 is 2.09 bits per heavy atom. The number of nitrogens with one attached hydrogen (secondary N) is 1. The van der Waals surface area contributed by atoms with Gasteiger partial charge in [0, 0.05) is 48.4 Å². The van der Waals surface area contributed by atoms with E-state index in [4.69, 9.17) is 4.74 Å². The van der Waals surface area contributed by atoms with Crippen molar-refractivity contribution in [3.8, 4) is 5.75 Å². The monoisotopic (exact) mass is 434 g/mol. The van der Waals surface area contributed by atoms with E-state index in [-0.39, 0.29) is 12.6 Å². The second kappa shape index (κ2) is 10.0. The maximum absolute atomic E-state index is 11.4. The maximum Gasteiger partial charge on any atom is 0.330 e. The van der Waals surface area contributed by atoms with Crippen molar-refractivity contribution in [2.45, 2.75) is 25.3 Å². The minimum atomic E-state index is -0.353. The molecule has 0 bridgehead atoms. The molecule has 0 aliphatic heterocycles. The van der Waals surface area contributed by atoms with E-state index in [1.54, 1.807) is 13.2 Å². The molecule has 1 aliphatic rings. The normalized spacial score (nSPS) is 15.6. The number of aromatic amines is 1. The van der Waals surface area contributed by atoms with E-state index in [1.165, 1.54) is 35.3 Å². The van der Waals surface area contributed by atoms with Gasteiger partial charge in [0.2, 0.25) is 0 Å². The average Bonchev–Trinajstić information content (AvgIpc) is 3.43. The number of nitrogens with zero attached hydrogens (tertiary/aromatic N) is 1. The van der Waals surface area contributed by atoms with Gasteiger partial charge in [0.25, 0.3) is 0 Å². The lowest BCUT2D eigenvalue weighted by Crippen LogP contribution is -2.32. The molecule has 0 amide bonds. The fourth-order valence-corrected chi connectivity index (χ4v) is 4.65. The van der Waals surface area contributed by atoms with Gasteiger partial charge < -0.3 is 19.6 Å². The van der Waals surface area contributed by atoms with Crippen molar-refractivity contribution >= 4 is 22.9 Å². The van der Waals surface area contributed by atoms with Crippen LogP contribution < -0.4 is 4.74 Å². The van der Waals surface area contributed by atoms with Crippen molar-refractivity contribution < 1.29 is 19.4 Å². The molecular formula is C26H30N2O4. The highest BCUT2D eigenvalue weighted by Crippen LogP contribution is 2.36. The number of aliphatic hydroxyl groups is 1. The van der Waals surface area contributed by atoms with E-state index in [1.807, 2.05) is 18.2 Å². The first-order valence-electron chi connectivity index (χ1n) is 11.0. The largest absolute Gasteiger partial charge is 0.497 e. The summed E-state index contributed by atoms with van der Waals surface area (Å²) in [5.41, 5.74) is 5.97. The van der Waals surface area contributed by atoms with Crippen LogP contribution in [0, 0.1) is 0 Å². The molecule has 0 saturated heterocycles. The Balaban J connectivity index is 1.48. The Morgan fingerprint density at radius 1 is 1.22 bits per heavy atom. The van der Waals surface area contributed by atoms with Crippen molar-refractivity contribution in [1.82, 2.24) is 9.88 Å². The van der Waals surface area contributed by atoms with Gasteiger partial charge in [0.15, 0.2) is 0 Å². The second-order valence-corrected chi connectivity index (χ2v) is 8.10. The summed E-state index contributed by atoms with van der Waals surface area (Å²) in [4.78, 5) is 17.1. The van der Waals surface area contributed by atoms with Gasteiger partial charge in [-0.15, -0.1) is 0 Å². The second-order valence-electron chi connectivity index (χ2n) is 8.10. The predicted molar refractivity (Wildman–Crippen MR) is 126 cm³/mol. The number of carbonyl (C=O) groups excluding carboxylic acids is 1. The number of H-pyrrole nitrogens is 1. The number of esters is 1. The zero-order chi connectivity index (χ0) is 22.5. The summed E-state index contributed by atoms with van der Waals surface area (Å²) in [5.74, 6) is 0.490. The van der Waals surface area contributed by atoms with Crippen LogP contribution in [-0.2, 0) is 22.4 Å². The first-order valence-corrected chi connectivity index (χ1v) is 11.0. The Kier molecular flexibility index (Phi) is 6.93. The highest BCUT2D eigenvalue weighted by atomic mass is 16.5. The molecule has 168 valence electrons. The zero-order valence-electron chi connectivity index (χ0n) is 18.6. The van der Waals surface area contributed by atoms with Crippen molar-refractivity contribution in [2.75, 3.05) is 33.9 Å². The third-order valence-electron chi connectivity index (χ3n) is 6.30. The Bertz CT molecular complexity index is 1120. The van der Waals surface area contributed by atoms with Crippen LogP contribution in [0.15, 0.2) is 48.7 Å². The van der Waals surface area contributed by atoms with Crippen molar-refractivity contribution in [3.63, 3.8) is 0 Å². The summed E-state index contributed by atoms with van der Waals surface area (Å²) in [6.07, 6.45) is 8.24. The van der Waals surface area contributed by atoms with Gasteiger partial charge in [-0.3, -0.25) is 4.90 Å². The van der Waals surface area contributed by atoms with Crippen LogP contribution in [0.5, 0.6) is 5.75 Å². The number of aromatic nitrogens is 1. The summed E-state index contributed by atoms with van der Waals surface area (Å²) in [6, 6.07) is 12.8. The minimum absolute atomic E-state index is 0.136. The number of aryl methyl sites for hydroxylation is 1. The molecule has 2 aromatic carbocycles. The van der Waals surface area contributed by atoms with Gasteiger partial charge in [-0.05, 0) is 59.7 Å². The summed E-state index contributed by atoms with van der Waals surface area (Å²) in [5, 5.41) is 10.9. The van der Waals surface area contributed by atoms with E-state index < -0.39 is 0 Å². The topological polar surface area (TPSA) is 74.8 Å². The number of hydrogen-bond acceptors (Lipinski definition) is 5. The third kappa shape index (κ3) is 4.71. The molecule has 0 saturated carbocycles. The average molecular weight is 435 g/mol. The molecule has 6 nitrogen and oxygen atoms in total. The molecule has 1 aliphatic carbocycles. The van der Waals surface area contributed by atoms with Gasteiger partial charge in [0.1, 0.15) is 5.75 Å². The van der Waals surface area contributed by atoms with Gasteiger partial charge >= 0.3 is 5.97 Å². The van der Waals surface area contributed by atoms with Crippen LogP contribution in [0.2, 0.25) is 0 Å². The summed E-state index contributed by atoms with van der Waals surface area (Å²) >= 11 is 0. The van der Waals surface area contributed by atoms with Gasteiger partial charge in [-0.1, -0.05) is 18.2 Å². The number of hydrogen-bond donors (Lipinski definition) is 2. The quantitative estimate of drug-likeness (QED) is 0.395. The Morgan fingerprint density at radius 3 is 2.88 bits per heavy atom. The molecule has 1 atom stereocenters. The lowest BCUT2D eigenvalue weighted by atomic mass is 10.0. The number of rotatable bonds is 9. The Hall–Kier alpha value is -3.09. The number of methoxy groups -OCH3 is 2. The molecule has 1 unspecified atom stereocenters. The molecule has 4 rings (SSSR count). The SMILES string of the molecule is COC(=O)C=Cc1ccc2c(c1)CCC2N(CCO)CCc1c[nH]c2cc(OC)ccc12. The van der Waals surface area contributed by atoms with Crippen LogP contribution >= 0.6 is 0 Å². The summed E-state index contributed by atoms with van der Waals surface area (Å²) in [6.45, 7) is 1.65. The highest BCUT2D eigenvalue weighted by molar-refractivity contribution is 5.87. The minimum Gasteiger partial charge on any atom is -0.497 e. The van der Waals surface area contributed by atoms with E-state index >= 15 is 0 Å². The molecule has 32 heavy (non-hydrogen) atoms. The number of carbonyl (C=O) groups is 1. The standard InChI is InChI=1S/C26H30N2O4/c1-31-21-6-8-22-20(17-27-24(22)16-21)11-12-28(13-14-29)25-9-5-19-15-18(3-7-23(19)25)4-10-26(30)32-2/h3-4,6-8,10,15-17,25,27,29H,5,9,11-14H2,1-2H3. The maximum atomic E-state index is 11.4. The van der Waals surface area contributed by atoms with Crippen LogP contribution in [-0.4, -0.2) is 54.9 Å². The first-order chi connectivity index (χ1) is 15.6. The lowest BCUT2D eigenvalue weighted by Gasteiger charge is -2.29.